The number of alkyl halides is 2. The van der Waals surface area contributed by atoms with E-state index in [1.165, 1.54) is 5.57 Å². The third kappa shape index (κ3) is 13.8. The van der Waals surface area contributed by atoms with Crippen molar-refractivity contribution in [3.63, 3.8) is 0 Å². The summed E-state index contributed by atoms with van der Waals surface area (Å²) < 4.78 is 29.4. The van der Waals surface area contributed by atoms with Crippen LogP contribution in [-0.2, 0) is 7.05 Å². The molecule has 1 unspecified atom stereocenters. The highest BCUT2D eigenvalue weighted by Crippen LogP contribution is 2.39. The van der Waals surface area contributed by atoms with Crippen LogP contribution in [0.2, 0.25) is 5.02 Å². The van der Waals surface area contributed by atoms with Gasteiger partial charge in [-0.25, -0.2) is 18.7 Å². The molecule has 12 nitrogen and oxygen atoms in total. The lowest BCUT2D eigenvalue weighted by atomic mass is 9.97. The molecule has 2 saturated heterocycles. The van der Waals surface area contributed by atoms with E-state index in [1.54, 1.807) is 17.3 Å². The lowest BCUT2D eigenvalue weighted by Gasteiger charge is -2.35. The molecule has 1 atom stereocenters. The van der Waals surface area contributed by atoms with E-state index in [2.05, 4.69) is 102 Å². The van der Waals surface area contributed by atoms with Gasteiger partial charge in [0.05, 0.1) is 35.8 Å². The van der Waals surface area contributed by atoms with Crippen LogP contribution in [0.25, 0.3) is 17.0 Å². The predicted molar refractivity (Wildman–Crippen MR) is 276 cm³/mol. The first-order valence-corrected chi connectivity index (χ1v) is 23.9. The highest BCUT2D eigenvalue weighted by atomic mass is 35.5. The van der Waals surface area contributed by atoms with E-state index in [-0.39, 0.29) is 24.9 Å². The molecule has 66 heavy (non-hydrogen) atoms. The molecule has 4 aromatic rings. The van der Waals surface area contributed by atoms with Crippen molar-refractivity contribution >= 4 is 57.5 Å². The number of likely N-dealkylation sites (N-methyl/N-ethyl adjacent to an activating group) is 1. The molecule has 360 valence electrons. The summed E-state index contributed by atoms with van der Waals surface area (Å²) in [5, 5.41) is 15.8. The second kappa shape index (κ2) is 24.9. The number of piperidine rings is 1. The van der Waals surface area contributed by atoms with Crippen molar-refractivity contribution in [1.82, 2.24) is 40.3 Å². The highest BCUT2D eigenvalue weighted by Gasteiger charge is 2.35. The Morgan fingerprint density at radius 3 is 2.30 bits per heavy atom. The molecule has 0 radical (unpaired) electrons. The van der Waals surface area contributed by atoms with Crippen LogP contribution in [0.1, 0.15) is 104 Å². The minimum absolute atomic E-state index is 0.0227. The molecule has 3 aromatic heterocycles. The highest BCUT2D eigenvalue weighted by molar-refractivity contribution is 6.32. The number of nitrogens with zero attached hydrogens (tertiary/aromatic N) is 9. The second-order valence-corrected chi connectivity index (χ2v) is 17.2. The first kappa shape index (κ1) is 53.1. The molecule has 7 rings (SSSR count). The Bertz CT molecular complexity index is 2290. The van der Waals surface area contributed by atoms with E-state index < -0.39 is 5.92 Å². The van der Waals surface area contributed by atoms with Crippen LogP contribution in [0.3, 0.4) is 0 Å². The minimum atomic E-state index is -2.61. The predicted octanol–water partition coefficient (Wildman–Crippen LogP) is 11.7. The maximum absolute atomic E-state index is 13.8. The van der Waals surface area contributed by atoms with E-state index in [4.69, 9.17) is 26.7 Å². The number of aryl methyl sites for hydroxylation is 1. The van der Waals surface area contributed by atoms with Crippen LogP contribution < -0.4 is 30.7 Å². The van der Waals surface area contributed by atoms with Gasteiger partial charge >= 0.3 is 0 Å². The zero-order valence-corrected chi connectivity index (χ0v) is 42.0. The molecule has 0 spiro atoms. The topological polar surface area (TPSA) is 106 Å². The van der Waals surface area contributed by atoms with Gasteiger partial charge in [-0.15, -0.1) is 0 Å². The lowest BCUT2D eigenvalue weighted by Crippen LogP contribution is -2.45. The number of hydrogen-bond donors (Lipinski definition) is 3. The van der Waals surface area contributed by atoms with Crippen LogP contribution in [0.4, 0.5) is 37.7 Å². The monoisotopic (exact) mass is 929 g/mol. The fourth-order valence-corrected chi connectivity index (χ4v) is 8.23. The number of nitrogens with one attached hydrogen (secondary N) is 3. The number of hydrogen-bond acceptors (Lipinski definition) is 11. The average molecular weight is 930 g/mol. The Morgan fingerprint density at radius 1 is 0.939 bits per heavy atom. The first-order chi connectivity index (χ1) is 31.6. The molecule has 1 aromatic carbocycles. The number of piperazine rings is 1. The van der Waals surface area contributed by atoms with Gasteiger partial charge < -0.3 is 35.6 Å². The Labute approximate surface area is 398 Å². The number of pyridine rings is 1. The molecule has 3 N–H and O–H groups in total. The first-order valence-electron chi connectivity index (χ1n) is 23.5. The number of anilines is 5. The second-order valence-electron chi connectivity index (χ2n) is 16.8. The quantitative estimate of drug-likeness (QED) is 0.106. The smallest absolute Gasteiger partial charge is 0.265 e. The molecule has 0 aliphatic carbocycles. The number of benzene rings is 1. The normalized spacial score (nSPS) is 16.1. The molecule has 6 heterocycles. The average Bonchev–Trinajstić information content (AvgIpc) is 3.64. The third-order valence-corrected chi connectivity index (χ3v) is 12.0. The van der Waals surface area contributed by atoms with E-state index in [9.17, 15) is 8.78 Å². The molecule has 15 heteroatoms. The standard InChI is InChI=1S/C26H35ClN8.C21H28F2N4.2C2H6/c1-17(2)35-19(4)20(8-7-18(3)28-5)13-21-14-22(15-29-25(21)35)31-24-23(27)16-30-26(32-24)34-11-9-33(6)10-12-34;1-5-24-16(3)8-7-15(2)20-18-10-9-17(13-19(18)26(4)25-20)27-12-6-11-21(22,23)14-27;2*1-2/h13-17,28H,3-4,7-12H2,1-2,5-6H3,(H,30,31,32);5,9-10,13,15,24H,1,3,6-8,11-12,14H2,2,4H3;2*1-2H3. The van der Waals surface area contributed by atoms with Crippen molar-refractivity contribution in [2.24, 2.45) is 7.05 Å². The molecule has 3 aliphatic heterocycles. The van der Waals surface area contributed by atoms with Gasteiger partial charge in [-0.2, -0.15) is 10.1 Å². The molecule has 2 fully saturated rings. The zero-order valence-electron chi connectivity index (χ0n) is 41.2. The Balaban J connectivity index is 0.000000276. The maximum atomic E-state index is 13.8. The van der Waals surface area contributed by atoms with Crippen molar-refractivity contribution in [3.8, 4) is 0 Å². The summed E-state index contributed by atoms with van der Waals surface area (Å²) >= 11 is 6.46. The number of halogens is 3. The molecule has 0 bridgehead atoms. The summed E-state index contributed by atoms with van der Waals surface area (Å²) in [4.78, 5) is 22.4. The van der Waals surface area contributed by atoms with Crippen LogP contribution in [-0.4, -0.2) is 95.0 Å². The Morgan fingerprint density at radius 2 is 1.65 bits per heavy atom. The fourth-order valence-electron chi connectivity index (χ4n) is 8.09. The zero-order chi connectivity index (χ0) is 48.7. The van der Waals surface area contributed by atoms with Gasteiger partial charge in [-0.1, -0.05) is 72.5 Å². The Hall–Kier alpha value is -5.47. The summed E-state index contributed by atoms with van der Waals surface area (Å²) in [6, 6.07) is 8.27. The fraction of sp³-hybridized carbons (Fsp3) is 0.490. The van der Waals surface area contributed by atoms with Crippen molar-refractivity contribution in [1.29, 1.82) is 0 Å². The molecular weight excluding hydrogens is 854 g/mol. The molecule has 0 amide bonds. The van der Waals surface area contributed by atoms with Crippen molar-refractivity contribution in [3.05, 3.63) is 108 Å². The van der Waals surface area contributed by atoms with Gasteiger partial charge in [0.25, 0.3) is 5.92 Å². The van der Waals surface area contributed by atoms with Gasteiger partial charge in [-0.05, 0) is 95.1 Å². The van der Waals surface area contributed by atoms with Crippen LogP contribution in [0, 0.1) is 0 Å². The number of aromatic nitrogens is 5. The largest absolute Gasteiger partial charge is 0.392 e. The van der Waals surface area contributed by atoms with Gasteiger partial charge in [0.1, 0.15) is 10.8 Å². The summed E-state index contributed by atoms with van der Waals surface area (Å²) in [5.41, 5.74) is 8.81. The van der Waals surface area contributed by atoms with Gasteiger partial charge in [-0.3, -0.25) is 4.68 Å². The van der Waals surface area contributed by atoms with Crippen molar-refractivity contribution in [2.45, 2.75) is 105 Å². The van der Waals surface area contributed by atoms with Crippen LogP contribution >= 0.6 is 11.6 Å². The molecule has 3 aliphatic rings. The lowest BCUT2D eigenvalue weighted by molar-refractivity contribution is -0.0116. The minimum Gasteiger partial charge on any atom is -0.392 e. The third-order valence-electron chi connectivity index (χ3n) is 11.7. The van der Waals surface area contributed by atoms with Gasteiger partial charge in [0, 0.05) is 98.9 Å². The van der Waals surface area contributed by atoms with Crippen molar-refractivity contribution in [2.75, 3.05) is 73.4 Å². The maximum Gasteiger partial charge on any atom is 0.265 e. The van der Waals surface area contributed by atoms with Crippen LogP contribution in [0.5, 0.6) is 0 Å². The summed E-state index contributed by atoms with van der Waals surface area (Å²) in [6.45, 7) is 34.7. The van der Waals surface area contributed by atoms with Gasteiger partial charge in [0.2, 0.25) is 5.95 Å². The van der Waals surface area contributed by atoms with E-state index in [0.29, 0.717) is 29.8 Å². The van der Waals surface area contributed by atoms with E-state index in [1.807, 2.05) is 70.9 Å². The Kier molecular flexibility index (Phi) is 20.0. The summed E-state index contributed by atoms with van der Waals surface area (Å²) in [5.74, 6) is -0.180. The summed E-state index contributed by atoms with van der Waals surface area (Å²) in [6.07, 6.45) is 11.2. The van der Waals surface area contributed by atoms with E-state index in [0.717, 1.165) is 108 Å². The van der Waals surface area contributed by atoms with Crippen LogP contribution in [0.15, 0.2) is 91.8 Å². The number of allylic oxidation sites excluding steroid dienone is 3. The SMILES string of the molecule is C=C(CCC1=Cc2cc(Nc3nc(N4CCN(C)CC4)ncc3Cl)cnc2N(C(C)C)C1=C)NC.C=CNC(=C)CCC(C)c1nn(C)c2cc(N3CCCC(F)(F)C3)ccc12.CC.CC. The summed E-state index contributed by atoms with van der Waals surface area (Å²) in [7, 11) is 5.94. The number of fused-ring (bicyclic) bond motifs is 2. The van der Waals surface area contributed by atoms with Crippen molar-refractivity contribution < 1.29 is 8.78 Å². The van der Waals surface area contributed by atoms with Gasteiger partial charge in [0.15, 0.2) is 5.82 Å². The molecule has 0 saturated carbocycles. The number of rotatable bonds is 15. The van der Waals surface area contributed by atoms with E-state index >= 15 is 0 Å². The molecular formula is C51H75ClF2N12.